The average molecular weight is 235 g/mol. The summed E-state index contributed by atoms with van der Waals surface area (Å²) in [6.45, 7) is 4.93. The van der Waals surface area contributed by atoms with Crippen molar-refractivity contribution in [3.63, 3.8) is 0 Å². The van der Waals surface area contributed by atoms with Crippen molar-refractivity contribution in [2.24, 2.45) is 7.05 Å². The lowest BCUT2D eigenvalue weighted by atomic mass is 9.85. The molecule has 1 N–H and O–H groups in total. The zero-order valence-electron chi connectivity index (χ0n) is 10.9. The first-order valence-electron chi connectivity index (χ1n) is 6.29. The second kappa shape index (κ2) is 4.61. The van der Waals surface area contributed by atoms with Crippen LogP contribution >= 0.6 is 0 Å². The van der Waals surface area contributed by atoms with Gasteiger partial charge in [0, 0.05) is 12.7 Å². The van der Waals surface area contributed by atoms with Gasteiger partial charge in [0.15, 0.2) is 5.78 Å². The third-order valence-electron chi connectivity index (χ3n) is 3.67. The summed E-state index contributed by atoms with van der Waals surface area (Å²) >= 11 is 0. The maximum absolute atomic E-state index is 12.3. The molecule has 0 saturated carbocycles. The molecule has 1 atom stereocenters. The van der Waals surface area contributed by atoms with Crippen LogP contribution in [0.5, 0.6) is 0 Å². The van der Waals surface area contributed by atoms with Crippen LogP contribution in [0.25, 0.3) is 0 Å². The van der Waals surface area contributed by atoms with Gasteiger partial charge in [-0.2, -0.15) is 5.10 Å². The minimum atomic E-state index is -0.337. The SMILES string of the molecule is Cc1cc(CC(=O)C2(C)CCCCN2)n(C)n1. The summed E-state index contributed by atoms with van der Waals surface area (Å²) in [5.74, 6) is 0.278. The molecule has 1 saturated heterocycles. The number of ketones is 1. The molecule has 17 heavy (non-hydrogen) atoms. The number of nitrogens with zero attached hydrogens (tertiary/aromatic N) is 2. The standard InChI is InChI=1S/C13H21N3O/c1-10-8-11(16(3)15-10)9-12(17)13(2)6-4-5-7-14-13/h8,14H,4-7,9H2,1-3H3. The number of piperidine rings is 1. The van der Waals surface area contributed by atoms with Gasteiger partial charge in [0.2, 0.25) is 0 Å². The Morgan fingerprint density at radius 2 is 2.35 bits per heavy atom. The second-order valence-electron chi connectivity index (χ2n) is 5.22. The van der Waals surface area contributed by atoms with Gasteiger partial charge in [-0.1, -0.05) is 0 Å². The fourth-order valence-electron chi connectivity index (χ4n) is 2.48. The summed E-state index contributed by atoms with van der Waals surface area (Å²) in [5.41, 5.74) is 1.63. The molecule has 1 aliphatic heterocycles. The highest BCUT2D eigenvalue weighted by Crippen LogP contribution is 2.21. The molecule has 0 bridgehead atoms. The van der Waals surface area contributed by atoms with E-state index in [1.165, 1.54) is 6.42 Å². The number of aromatic nitrogens is 2. The molecule has 1 aromatic rings. The lowest BCUT2D eigenvalue weighted by Gasteiger charge is -2.33. The van der Waals surface area contributed by atoms with Crippen LogP contribution in [0, 0.1) is 6.92 Å². The Balaban J connectivity index is 2.08. The van der Waals surface area contributed by atoms with Crippen molar-refractivity contribution in [2.45, 2.75) is 45.1 Å². The molecule has 2 rings (SSSR count). The average Bonchev–Trinajstić information content (AvgIpc) is 2.58. The van der Waals surface area contributed by atoms with Gasteiger partial charge in [0.25, 0.3) is 0 Å². The van der Waals surface area contributed by atoms with Crippen LogP contribution in [-0.4, -0.2) is 27.6 Å². The Morgan fingerprint density at radius 3 is 2.88 bits per heavy atom. The summed E-state index contributed by atoms with van der Waals surface area (Å²) in [7, 11) is 1.90. The molecule has 1 fully saturated rings. The van der Waals surface area contributed by atoms with E-state index in [2.05, 4.69) is 10.4 Å². The van der Waals surface area contributed by atoms with Crippen molar-refractivity contribution in [3.8, 4) is 0 Å². The van der Waals surface area contributed by atoms with Crippen molar-refractivity contribution < 1.29 is 4.79 Å². The number of Topliss-reactive ketones (excluding diaryl/α,β-unsaturated/α-hetero) is 1. The maximum atomic E-state index is 12.3. The Labute approximate surface area is 102 Å². The van der Waals surface area contributed by atoms with E-state index in [1.54, 1.807) is 4.68 Å². The molecule has 2 heterocycles. The van der Waals surface area contributed by atoms with E-state index in [9.17, 15) is 4.79 Å². The summed E-state index contributed by atoms with van der Waals surface area (Å²) in [4.78, 5) is 12.3. The quantitative estimate of drug-likeness (QED) is 0.861. The number of nitrogens with one attached hydrogen (secondary N) is 1. The molecule has 1 aromatic heterocycles. The molecule has 0 aromatic carbocycles. The van der Waals surface area contributed by atoms with Crippen molar-refractivity contribution in [1.29, 1.82) is 0 Å². The maximum Gasteiger partial charge on any atom is 0.158 e. The summed E-state index contributed by atoms with van der Waals surface area (Å²) in [6.07, 6.45) is 3.73. The first-order valence-corrected chi connectivity index (χ1v) is 6.29. The lowest BCUT2D eigenvalue weighted by Crippen LogP contribution is -2.52. The monoisotopic (exact) mass is 235 g/mol. The van der Waals surface area contributed by atoms with E-state index >= 15 is 0 Å². The predicted molar refractivity (Wildman–Crippen MR) is 66.9 cm³/mol. The molecule has 0 amide bonds. The van der Waals surface area contributed by atoms with Crippen LogP contribution in [0.3, 0.4) is 0 Å². The number of aryl methyl sites for hydroxylation is 2. The summed E-state index contributed by atoms with van der Waals surface area (Å²) < 4.78 is 1.80. The number of carbonyl (C=O) groups is 1. The number of hydrogen-bond donors (Lipinski definition) is 1. The van der Waals surface area contributed by atoms with Crippen LogP contribution in [0.15, 0.2) is 6.07 Å². The van der Waals surface area contributed by atoms with Crippen molar-refractivity contribution in [2.75, 3.05) is 6.54 Å². The normalized spacial score (nSPS) is 24.9. The van der Waals surface area contributed by atoms with Crippen LogP contribution in [0.4, 0.5) is 0 Å². The first-order chi connectivity index (χ1) is 8.01. The second-order valence-corrected chi connectivity index (χ2v) is 5.22. The topological polar surface area (TPSA) is 46.9 Å². The Kier molecular flexibility index (Phi) is 3.33. The van der Waals surface area contributed by atoms with Gasteiger partial charge in [-0.25, -0.2) is 0 Å². The van der Waals surface area contributed by atoms with E-state index < -0.39 is 0 Å². The van der Waals surface area contributed by atoms with Crippen molar-refractivity contribution in [3.05, 3.63) is 17.5 Å². The third kappa shape index (κ3) is 2.57. The lowest BCUT2D eigenvalue weighted by molar-refractivity contribution is -0.125. The largest absolute Gasteiger partial charge is 0.305 e. The van der Waals surface area contributed by atoms with Crippen molar-refractivity contribution >= 4 is 5.78 Å². The van der Waals surface area contributed by atoms with Gasteiger partial charge in [-0.15, -0.1) is 0 Å². The van der Waals surface area contributed by atoms with Gasteiger partial charge in [-0.3, -0.25) is 9.48 Å². The minimum Gasteiger partial charge on any atom is -0.305 e. The third-order valence-corrected chi connectivity index (χ3v) is 3.67. The summed E-state index contributed by atoms with van der Waals surface area (Å²) in [5, 5.41) is 7.64. The van der Waals surface area contributed by atoms with Gasteiger partial charge in [0.1, 0.15) is 0 Å². The molecule has 94 valence electrons. The van der Waals surface area contributed by atoms with Gasteiger partial charge in [-0.05, 0) is 45.7 Å². The zero-order chi connectivity index (χ0) is 12.5. The molecule has 0 radical (unpaired) electrons. The molecule has 1 unspecified atom stereocenters. The van der Waals surface area contributed by atoms with E-state index in [1.807, 2.05) is 27.0 Å². The smallest absolute Gasteiger partial charge is 0.158 e. The highest BCUT2D eigenvalue weighted by molar-refractivity contribution is 5.89. The van der Waals surface area contributed by atoms with E-state index in [-0.39, 0.29) is 11.3 Å². The van der Waals surface area contributed by atoms with Crippen molar-refractivity contribution in [1.82, 2.24) is 15.1 Å². The Hall–Kier alpha value is -1.16. The fraction of sp³-hybridized carbons (Fsp3) is 0.692. The molecule has 4 heteroatoms. The van der Waals surface area contributed by atoms with Crippen LogP contribution < -0.4 is 5.32 Å². The Morgan fingerprint density at radius 1 is 1.59 bits per heavy atom. The van der Waals surface area contributed by atoms with Gasteiger partial charge in [0.05, 0.1) is 17.7 Å². The van der Waals surface area contributed by atoms with Gasteiger partial charge < -0.3 is 5.32 Å². The predicted octanol–water partition coefficient (Wildman–Crippen LogP) is 1.37. The van der Waals surface area contributed by atoms with Crippen LogP contribution in [0.2, 0.25) is 0 Å². The number of carbonyl (C=O) groups excluding carboxylic acids is 1. The van der Waals surface area contributed by atoms with E-state index in [4.69, 9.17) is 0 Å². The minimum absolute atomic E-state index is 0.278. The van der Waals surface area contributed by atoms with Crippen LogP contribution in [0.1, 0.15) is 37.6 Å². The number of hydrogen-bond acceptors (Lipinski definition) is 3. The molecular weight excluding hydrogens is 214 g/mol. The molecule has 4 nitrogen and oxygen atoms in total. The number of rotatable bonds is 3. The molecular formula is C13H21N3O. The highest BCUT2D eigenvalue weighted by atomic mass is 16.1. The van der Waals surface area contributed by atoms with Gasteiger partial charge >= 0.3 is 0 Å². The van der Waals surface area contributed by atoms with E-state index in [0.717, 1.165) is 30.8 Å². The highest BCUT2D eigenvalue weighted by Gasteiger charge is 2.34. The first kappa shape index (κ1) is 12.3. The molecule has 1 aliphatic rings. The summed E-state index contributed by atoms with van der Waals surface area (Å²) in [6, 6.07) is 1.99. The fourth-order valence-corrected chi connectivity index (χ4v) is 2.48. The zero-order valence-corrected chi connectivity index (χ0v) is 10.9. The molecule has 0 aliphatic carbocycles. The van der Waals surface area contributed by atoms with E-state index in [0.29, 0.717) is 6.42 Å². The van der Waals surface area contributed by atoms with Crippen LogP contribution in [-0.2, 0) is 18.3 Å². The Bertz CT molecular complexity index is 416. The molecule has 0 spiro atoms.